The van der Waals surface area contributed by atoms with E-state index in [1.54, 1.807) is 30.5 Å². The van der Waals surface area contributed by atoms with Crippen LogP contribution < -0.4 is 5.32 Å². The van der Waals surface area contributed by atoms with Gasteiger partial charge < -0.3 is 15.4 Å². The number of carbonyl (C=O) groups excluding carboxylic acids is 1. The van der Waals surface area contributed by atoms with Crippen molar-refractivity contribution in [2.24, 2.45) is 0 Å². The highest BCUT2D eigenvalue weighted by molar-refractivity contribution is 6.32. The molecule has 9 nitrogen and oxygen atoms in total. The number of rotatable bonds is 7. The first-order chi connectivity index (χ1) is 13.4. The quantitative estimate of drug-likeness (QED) is 0.482. The van der Waals surface area contributed by atoms with Crippen LogP contribution in [0.4, 0.5) is 5.82 Å². The van der Waals surface area contributed by atoms with Gasteiger partial charge in [-0.1, -0.05) is 23.7 Å². The molecule has 1 amide bonds. The van der Waals surface area contributed by atoms with E-state index in [1.807, 2.05) is 24.6 Å². The highest BCUT2D eigenvalue weighted by Crippen LogP contribution is 2.22. The molecule has 10 heteroatoms. The molecular weight excluding hydrogens is 384 g/mol. The summed E-state index contributed by atoms with van der Waals surface area (Å²) in [5, 5.41) is 21.8. The first-order valence-electron chi connectivity index (χ1n) is 8.68. The molecule has 146 valence electrons. The van der Waals surface area contributed by atoms with Crippen LogP contribution >= 0.6 is 11.6 Å². The van der Waals surface area contributed by atoms with Crippen LogP contribution in [0.1, 0.15) is 41.5 Å². The Balaban J connectivity index is 1.66. The maximum atomic E-state index is 12.5. The lowest BCUT2D eigenvalue weighted by atomic mass is 10.1. The molecule has 1 N–H and O–H groups in total. The molecule has 0 aliphatic heterocycles. The number of carbonyl (C=O) groups is 1. The van der Waals surface area contributed by atoms with Crippen LogP contribution in [0, 0.1) is 10.1 Å². The van der Waals surface area contributed by atoms with E-state index in [1.165, 1.54) is 10.9 Å². The number of halogens is 1. The van der Waals surface area contributed by atoms with Crippen molar-refractivity contribution in [2.45, 2.75) is 33.0 Å². The first kappa shape index (κ1) is 19.6. The summed E-state index contributed by atoms with van der Waals surface area (Å²) in [5.74, 6) is -0.571. The summed E-state index contributed by atoms with van der Waals surface area (Å²) in [7, 11) is 0. The molecule has 1 unspecified atom stereocenters. The van der Waals surface area contributed by atoms with Gasteiger partial charge in [0.1, 0.15) is 0 Å². The van der Waals surface area contributed by atoms with Gasteiger partial charge in [-0.25, -0.2) is 0 Å². The summed E-state index contributed by atoms with van der Waals surface area (Å²) >= 11 is 5.80. The fourth-order valence-corrected chi connectivity index (χ4v) is 3.09. The van der Waals surface area contributed by atoms with Crippen molar-refractivity contribution in [3.63, 3.8) is 0 Å². The number of benzene rings is 1. The van der Waals surface area contributed by atoms with Gasteiger partial charge in [-0.15, -0.1) is 0 Å². The van der Waals surface area contributed by atoms with Crippen LogP contribution in [-0.2, 0) is 13.1 Å². The van der Waals surface area contributed by atoms with Crippen molar-refractivity contribution in [1.29, 1.82) is 0 Å². The van der Waals surface area contributed by atoms with Crippen molar-refractivity contribution >= 4 is 23.3 Å². The zero-order valence-electron chi connectivity index (χ0n) is 15.4. The van der Waals surface area contributed by atoms with Crippen LogP contribution in [-0.4, -0.2) is 30.4 Å². The van der Waals surface area contributed by atoms with Crippen molar-refractivity contribution < 1.29 is 9.72 Å². The van der Waals surface area contributed by atoms with Gasteiger partial charge in [0.2, 0.25) is 0 Å². The smallest absolute Gasteiger partial charge is 0.358 e. The summed E-state index contributed by atoms with van der Waals surface area (Å²) in [6.07, 6.45) is 3.11. The zero-order valence-corrected chi connectivity index (χ0v) is 16.1. The second kappa shape index (κ2) is 8.22. The van der Waals surface area contributed by atoms with Crippen molar-refractivity contribution in [3.05, 3.63) is 74.7 Å². The number of nitrogens with one attached hydrogen (secondary N) is 1. The van der Waals surface area contributed by atoms with Gasteiger partial charge in [0.15, 0.2) is 5.02 Å². The second-order valence-electron chi connectivity index (χ2n) is 6.22. The first-order valence-corrected chi connectivity index (χ1v) is 9.05. The molecule has 3 aromatic rings. The van der Waals surface area contributed by atoms with Crippen LogP contribution in [0.3, 0.4) is 0 Å². The minimum atomic E-state index is -0.627. The molecule has 0 aliphatic rings. The number of amides is 1. The Labute approximate surface area is 166 Å². The molecule has 28 heavy (non-hydrogen) atoms. The minimum absolute atomic E-state index is 0.0127. The largest absolute Gasteiger partial charge is 0.408 e. The highest BCUT2D eigenvalue weighted by Gasteiger charge is 2.19. The predicted molar refractivity (Wildman–Crippen MR) is 103 cm³/mol. The van der Waals surface area contributed by atoms with E-state index in [2.05, 4.69) is 15.5 Å². The van der Waals surface area contributed by atoms with Crippen LogP contribution in [0.25, 0.3) is 0 Å². The molecule has 2 aromatic heterocycles. The Morgan fingerprint density at radius 2 is 2.04 bits per heavy atom. The number of hydrogen-bond donors (Lipinski definition) is 1. The van der Waals surface area contributed by atoms with Gasteiger partial charge in [-0.05, 0) is 42.5 Å². The van der Waals surface area contributed by atoms with Crippen molar-refractivity contribution in [1.82, 2.24) is 24.9 Å². The van der Waals surface area contributed by atoms with Gasteiger partial charge in [0.25, 0.3) is 5.91 Å². The van der Waals surface area contributed by atoms with E-state index in [9.17, 15) is 14.9 Å². The summed E-state index contributed by atoms with van der Waals surface area (Å²) < 4.78 is 3.23. The molecule has 0 spiro atoms. The van der Waals surface area contributed by atoms with Crippen molar-refractivity contribution in [3.8, 4) is 0 Å². The van der Waals surface area contributed by atoms with E-state index in [-0.39, 0.29) is 22.8 Å². The molecule has 2 heterocycles. The SMILES string of the molecule is CCn1nccc1C(C)NC(=O)c1ccc(Cn2cc(Cl)c([N+](=O)[O-])n2)cc1. The molecule has 0 saturated carbocycles. The monoisotopic (exact) mass is 402 g/mol. The Morgan fingerprint density at radius 1 is 1.32 bits per heavy atom. The van der Waals surface area contributed by atoms with E-state index >= 15 is 0 Å². The summed E-state index contributed by atoms with van der Waals surface area (Å²) in [6, 6.07) is 8.66. The van der Waals surface area contributed by atoms with Crippen molar-refractivity contribution in [2.75, 3.05) is 0 Å². The highest BCUT2D eigenvalue weighted by atomic mass is 35.5. The Kier molecular flexibility index (Phi) is 5.74. The lowest BCUT2D eigenvalue weighted by molar-refractivity contribution is -0.389. The molecule has 3 rings (SSSR count). The summed E-state index contributed by atoms with van der Waals surface area (Å²) in [4.78, 5) is 22.7. The Bertz CT molecular complexity index is 995. The predicted octanol–water partition coefficient (Wildman–Crippen LogP) is 3.20. The van der Waals surface area contributed by atoms with Crippen LogP contribution in [0.5, 0.6) is 0 Å². The normalized spacial score (nSPS) is 12.0. The molecule has 0 aliphatic carbocycles. The van der Waals surface area contributed by atoms with Gasteiger partial charge in [0.05, 0.1) is 29.6 Å². The standard InChI is InChI=1S/C18H19ClN6O3/c1-3-24-16(8-9-20-24)12(2)21-18(26)14-6-4-13(5-7-14)10-23-11-15(19)17(22-23)25(27)28/h4-9,11-12H,3,10H2,1-2H3,(H,21,26). The third-order valence-corrected chi connectivity index (χ3v) is 4.54. The fourth-order valence-electron chi connectivity index (χ4n) is 2.87. The fraction of sp³-hybridized carbons (Fsp3) is 0.278. The van der Waals surface area contributed by atoms with Crippen LogP contribution in [0.15, 0.2) is 42.7 Å². The minimum Gasteiger partial charge on any atom is -0.358 e. The van der Waals surface area contributed by atoms with Gasteiger partial charge in [-0.2, -0.15) is 9.78 Å². The summed E-state index contributed by atoms with van der Waals surface area (Å²) in [6.45, 7) is 4.93. The maximum Gasteiger partial charge on any atom is 0.408 e. The average Bonchev–Trinajstić information content (AvgIpc) is 3.28. The van der Waals surface area contributed by atoms with E-state index in [0.717, 1.165) is 17.8 Å². The number of hydrogen-bond acceptors (Lipinski definition) is 5. The lowest BCUT2D eigenvalue weighted by Gasteiger charge is -2.15. The molecular formula is C18H19ClN6O3. The number of nitrogens with zero attached hydrogens (tertiary/aromatic N) is 5. The number of nitro groups is 1. The maximum absolute atomic E-state index is 12.5. The van der Waals surface area contributed by atoms with Crippen LogP contribution in [0.2, 0.25) is 5.02 Å². The number of aryl methyl sites for hydroxylation is 1. The topological polar surface area (TPSA) is 108 Å². The zero-order chi connectivity index (χ0) is 20.3. The third kappa shape index (κ3) is 4.20. The Morgan fingerprint density at radius 3 is 2.64 bits per heavy atom. The summed E-state index contributed by atoms with van der Waals surface area (Å²) in [5.41, 5.74) is 2.29. The van der Waals surface area contributed by atoms with E-state index in [4.69, 9.17) is 11.6 Å². The van der Waals surface area contributed by atoms with E-state index < -0.39 is 4.92 Å². The average molecular weight is 403 g/mol. The molecule has 1 aromatic carbocycles. The van der Waals surface area contributed by atoms with Gasteiger partial charge >= 0.3 is 5.82 Å². The molecule has 0 bridgehead atoms. The second-order valence-corrected chi connectivity index (χ2v) is 6.63. The van der Waals surface area contributed by atoms with Gasteiger partial charge in [-0.3, -0.25) is 9.48 Å². The molecule has 0 radical (unpaired) electrons. The molecule has 1 atom stereocenters. The van der Waals surface area contributed by atoms with Gasteiger partial charge in [0, 0.05) is 18.3 Å². The lowest BCUT2D eigenvalue weighted by Crippen LogP contribution is -2.28. The third-order valence-electron chi connectivity index (χ3n) is 4.27. The molecule has 0 fully saturated rings. The number of aromatic nitrogens is 4. The van der Waals surface area contributed by atoms with E-state index in [0.29, 0.717) is 12.1 Å². The Hall–Kier alpha value is -3.20. The molecule has 0 saturated heterocycles.